The molecular weight excluding hydrogens is 349 g/mol. The average Bonchev–Trinajstić information content (AvgIpc) is 3.37. The van der Waals surface area contributed by atoms with Crippen LogP contribution in [-0.4, -0.2) is 39.7 Å². The number of thioether (sulfide) groups is 1. The molecule has 1 aromatic carbocycles. The molecule has 0 bridgehead atoms. The van der Waals surface area contributed by atoms with Gasteiger partial charge in [-0.15, -0.1) is 11.8 Å². The van der Waals surface area contributed by atoms with Crippen LogP contribution in [0.4, 0.5) is 4.39 Å². The van der Waals surface area contributed by atoms with Crippen molar-refractivity contribution in [1.29, 1.82) is 0 Å². The van der Waals surface area contributed by atoms with Crippen molar-refractivity contribution >= 4 is 17.7 Å². The quantitative estimate of drug-likeness (QED) is 0.847. The van der Waals surface area contributed by atoms with Crippen LogP contribution in [0.5, 0.6) is 0 Å². The van der Waals surface area contributed by atoms with Gasteiger partial charge in [-0.3, -0.25) is 14.7 Å². The summed E-state index contributed by atoms with van der Waals surface area (Å²) in [5.41, 5.74) is 1.11. The van der Waals surface area contributed by atoms with E-state index in [1.165, 1.54) is 12.1 Å². The van der Waals surface area contributed by atoms with Crippen LogP contribution < -0.4 is 5.32 Å². The zero-order chi connectivity index (χ0) is 17.9. The zero-order valence-electron chi connectivity index (χ0n) is 14.5. The van der Waals surface area contributed by atoms with Crippen molar-refractivity contribution in [2.24, 2.45) is 0 Å². The summed E-state index contributed by atoms with van der Waals surface area (Å²) in [5.74, 6) is -0.0840. The number of benzene rings is 1. The Morgan fingerprint density at radius 2 is 2.08 bits per heavy atom. The molecule has 4 nitrogen and oxygen atoms in total. The molecule has 0 spiro atoms. The Bertz CT molecular complexity index is 751. The highest BCUT2D eigenvalue weighted by Gasteiger charge is 2.38. The maximum Gasteiger partial charge on any atom is 0.237 e. The molecule has 2 atom stereocenters. The van der Waals surface area contributed by atoms with E-state index in [1.54, 1.807) is 18.0 Å². The number of aromatic nitrogens is 1. The Kier molecular flexibility index (Phi) is 5.22. The number of nitrogens with one attached hydrogen (secondary N) is 1. The average molecular weight is 371 g/mol. The Balaban J connectivity index is 1.45. The van der Waals surface area contributed by atoms with Crippen LogP contribution in [0, 0.1) is 5.82 Å². The predicted molar refractivity (Wildman–Crippen MR) is 100 cm³/mol. The molecule has 1 saturated carbocycles. The lowest BCUT2D eigenvalue weighted by Gasteiger charge is -2.23. The van der Waals surface area contributed by atoms with Gasteiger partial charge < -0.3 is 5.32 Å². The number of pyridine rings is 1. The third kappa shape index (κ3) is 4.43. The smallest absolute Gasteiger partial charge is 0.237 e. The van der Waals surface area contributed by atoms with Crippen LogP contribution in [0.2, 0.25) is 0 Å². The molecule has 1 aliphatic heterocycles. The molecule has 6 heteroatoms. The number of hydrogen-bond donors (Lipinski definition) is 1. The van der Waals surface area contributed by atoms with Gasteiger partial charge in [0.05, 0.1) is 6.04 Å². The lowest BCUT2D eigenvalue weighted by molar-refractivity contribution is -0.125. The summed E-state index contributed by atoms with van der Waals surface area (Å²) in [6.07, 6.45) is 6.61. The minimum atomic E-state index is -0.222. The monoisotopic (exact) mass is 371 g/mol. The van der Waals surface area contributed by atoms with Gasteiger partial charge in [0.2, 0.25) is 5.91 Å². The third-order valence-corrected chi connectivity index (χ3v) is 6.04. The molecule has 0 radical (unpaired) electrons. The molecule has 2 aliphatic rings. The summed E-state index contributed by atoms with van der Waals surface area (Å²) >= 11 is 1.73. The molecule has 1 aliphatic carbocycles. The molecule has 2 heterocycles. The van der Waals surface area contributed by atoms with Crippen LogP contribution in [-0.2, 0) is 11.3 Å². The van der Waals surface area contributed by atoms with Crippen molar-refractivity contribution in [3.63, 3.8) is 0 Å². The molecule has 1 saturated heterocycles. The van der Waals surface area contributed by atoms with Crippen LogP contribution in [0.25, 0.3) is 0 Å². The highest BCUT2D eigenvalue weighted by molar-refractivity contribution is 8.00. The second kappa shape index (κ2) is 7.76. The van der Waals surface area contributed by atoms with Gasteiger partial charge in [0.1, 0.15) is 5.82 Å². The standard InChI is InChI=1S/C20H22FN3OS/c21-15-3-7-17(8-4-15)26-18-10-19(20(25)23-16-5-6-16)24(13-18)12-14-2-1-9-22-11-14/h1-4,7-9,11,16,18-19H,5-6,10,12-13H2,(H,23,25)/t18-,19+/m1/s1. The number of hydrogen-bond acceptors (Lipinski definition) is 4. The van der Waals surface area contributed by atoms with Gasteiger partial charge in [-0.25, -0.2) is 4.39 Å². The molecule has 2 aromatic rings. The fourth-order valence-electron chi connectivity index (χ4n) is 3.35. The topological polar surface area (TPSA) is 45.2 Å². The first-order valence-electron chi connectivity index (χ1n) is 9.03. The predicted octanol–water partition coefficient (Wildman–Crippen LogP) is 3.23. The van der Waals surface area contributed by atoms with Gasteiger partial charge >= 0.3 is 0 Å². The molecule has 1 N–H and O–H groups in total. The minimum Gasteiger partial charge on any atom is -0.352 e. The zero-order valence-corrected chi connectivity index (χ0v) is 15.3. The first kappa shape index (κ1) is 17.5. The fourth-order valence-corrected chi connectivity index (χ4v) is 4.57. The van der Waals surface area contributed by atoms with E-state index in [1.807, 2.05) is 30.5 Å². The van der Waals surface area contributed by atoms with Crippen LogP contribution in [0.15, 0.2) is 53.7 Å². The number of amides is 1. The minimum absolute atomic E-state index is 0.117. The van der Waals surface area contributed by atoms with Crippen LogP contribution >= 0.6 is 11.8 Å². The second-order valence-corrected chi connectivity index (χ2v) is 8.39. The van der Waals surface area contributed by atoms with E-state index >= 15 is 0 Å². The van der Waals surface area contributed by atoms with Crippen molar-refractivity contribution in [3.8, 4) is 0 Å². The lowest BCUT2D eigenvalue weighted by atomic mass is 10.2. The van der Waals surface area contributed by atoms with E-state index in [4.69, 9.17) is 0 Å². The molecule has 1 aromatic heterocycles. The van der Waals surface area contributed by atoms with Gasteiger partial charge in [0.15, 0.2) is 0 Å². The number of halogens is 1. The van der Waals surface area contributed by atoms with E-state index in [-0.39, 0.29) is 17.8 Å². The summed E-state index contributed by atoms with van der Waals surface area (Å²) in [6.45, 7) is 1.55. The number of carbonyl (C=O) groups excluding carboxylic acids is 1. The first-order valence-corrected chi connectivity index (χ1v) is 9.91. The maximum atomic E-state index is 13.1. The van der Waals surface area contributed by atoms with Crippen molar-refractivity contribution < 1.29 is 9.18 Å². The Labute approximate surface area is 157 Å². The fraction of sp³-hybridized carbons (Fsp3) is 0.400. The van der Waals surface area contributed by atoms with E-state index < -0.39 is 0 Å². The van der Waals surface area contributed by atoms with Crippen molar-refractivity contribution in [3.05, 3.63) is 60.2 Å². The largest absolute Gasteiger partial charge is 0.352 e. The molecule has 136 valence electrons. The first-order chi connectivity index (χ1) is 12.7. The highest BCUT2D eigenvalue weighted by atomic mass is 32.2. The second-order valence-electron chi connectivity index (χ2n) is 7.02. The van der Waals surface area contributed by atoms with E-state index in [0.717, 1.165) is 42.8 Å². The van der Waals surface area contributed by atoms with Gasteiger partial charge in [0.25, 0.3) is 0 Å². The third-order valence-electron chi connectivity index (χ3n) is 4.82. The summed E-state index contributed by atoms with van der Waals surface area (Å²) in [6, 6.07) is 10.8. The van der Waals surface area contributed by atoms with Crippen molar-refractivity contribution in [2.75, 3.05) is 6.54 Å². The SMILES string of the molecule is O=C(NC1CC1)[C@@H]1C[C@@H](Sc2ccc(F)cc2)CN1Cc1cccnc1. The van der Waals surface area contributed by atoms with E-state index in [9.17, 15) is 9.18 Å². The van der Waals surface area contributed by atoms with Gasteiger partial charge in [-0.05, 0) is 55.2 Å². The Morgan fingerprint density at radius 1 is 1.27 bits per heavy atom. The molecule has 0 unspecified atom stereocenters. The number of carbonyl (C=O) groups is 1. The van der Waals surface area contributed by atoms with Crippen molar-refractivity contribution in [2.45, 2.75) is 48.0 Å². The molecule has 26 heavy (non-hydrogen) atoms. The molecule has 1 amide bonds. The molecular formula is C20H22FN3OS. The lowest BCUT2D eigenvalue weighted by Crippen LogP contribution is -2.43. The van der Waals surface area contributed by atoms with Gasteiger partial charge in [0, 0.05) is 41.7 Å². The summed E-state index contributed by atoms with van der Waals surface area (Å²) in [4.78, 5) is 20.2. The Hall–Kier alpha value is -1.92. The molecule has 2 fully saturated rings. The van der Waals surface area contributed by atoms with Gasteiger partial charge in [-0.1, -0.05) is 6.07 Å². The van der Waals surface area contributed by atoms with Crippen LogP contribution in [0.1, 0.15) is 24.8 Å². The van der Waals surface area contributed by atoms with Gasteiger partial charge in [-0.2, -0.15) is 0 Å². The molecule has 4 rings (SSSR count). The maximum absolute atomic E-state index is 13.1. The number of rotatable bonds is 6. The highest BCUT2D eigenvalue weighted by Crippen LogP contribution is 2.34. The number of likely N-dealkylation sites (tertiary alicyclic amines) is 1. The van der Waals surface area contributed by atoms with E-state index in [2.05, 4.69) is 15.2 Å². The van der Waals surface area contributed by atoms with E-state index in [0.29, 0.717) is 11.3 Å². The van der Waals surface area contributed by atoms with Crippen molar-refractivity contribution in [1.82, 2.24) is 15.2 Å². The summed E-state index contributed by atoms with van der Waals surface area (Å²) < 4.78 is 13.1. The normalized spacial score (nSPS) is 23.1. The number of nitrogens with zero attached hydrogens (tertiary/aromatic N) is 2. The summed E-state index contributed by atoms with van der Waals surface area (Å²) in [7, 11) is 0. The summed E-state index contributed by atoms with van der Waals surface area (Å²) in [5, 5.41) is 3.46. The Morgan fingerprint density at radius 3 is 2.77 bits per heavy atom. The van der Waals surface area contributed by atoms with Crippen LogP contribution in [0.3, 0.4) is 0 Å².